The fourth-order valence-corrected chi connectivity index (χ4v) is 10.6. The Labute approximate surface area is 365 Å². The molecule has 5 nitrogen and oxygen atoms in total. The molecule has 0 atom stereocenters. The Bertz CT molecular complexity index is 3910. The largest absolute Gasteiger partial charge is 0.454 e. The lowest BCUT2D eigenvalue weighted by molar-refractivity contribution is 0.666. The molecule has 0 saturated carbocycles. The van der Waals surface area contributed by atoms with E-state index < -0.39 is 0 Å². The minimum atomic E-state index is 0.588. The van der Waals surface area contributed by atoms with E-state index in [4.69, 9.17) is 19.4 Å². The molecule has 9 aromatic carbocycles. The summed E-state index contributed by atoms with van der Waals surface area (Å²) in [4.78, 5) is 15.6. The molecule has 6 heteroatoms. The van der Waals surface area contributed by atoms with Gasteiger partial charge in [-0.15, -0.1) is 11.3 Å². The van der Waals surface area contributed by atoms with Gasteiger partial charge in [0.05, 0.1) is 16.7 Å². The molecule has 0 aliphatic heterocycles. The molecule has 294 valence electrons. The van der Waals surface area contributed by atoms with E-state index in [-0.39, 0.29) is 0 Å². The van der Waals surface area contributed by atoms with Crippen LogP contribution >= 0.6 is 11.3 Å². The zero-order chi connectivity index (χ0) is 41.4. The van der Waals surface area contributed by atoms with Crippen LogP contribution < -0.4 is 0 Å². The molecule has 4 aromatic heterocycles. The van der Waals surface area contributed by atoms with E-state index in [1.54, 1.807) is 11.3 Å². The van der Waals surface area contributed by atoms with E-state index in [0.717, 1.165) is 60.9 Å². The number of fused-ring (bicyclic) bond motifs is 9. The maximum Gasteiger partial charge on any atom is 0.164 e. The van der Waals surface area contributed by atoms with Crippen molar-refractivity contribution in [3.05, 3.63) is 206 Å². The molecule has 4 heterocycles. The van der Waals surface area contributed by atoms with Gasteiger partial charge in [-0.1, -0.05) is 170 Å². The Morgan fingerprint density at radius 3 is 1.81 bits per heavy atom. The maximum absolute atomic E-state index is 6.94. The van der Waals surface area contributed by atoms with Crippen molar-refractivity contribution in [3.8, 4) is 62.1 Å². The third-order valence-corrected chi connectivity index (χ3v) is 13.4. The number of benzene rings is 9. The number of thiophene rings is 1. The maximum atomic E-state index is 6.94. The van der Waals surface area contributed by atoms with Crippen LogP contribution in [0.15, 0.2) is 211 Å². The van der Waals surface area contributed by atoms with Gasteiger partial charge >= 0.3 is 0 Å². The first kappa shape index (κ1) is 35.6. The van der Waals surface area contributed by atoms with Gasteiger partial charge in [-0.2, -0.15) is 0 Å². The molecule has 0 amide bonds. The zero-order valence-corrected chi connectivity index (χ0v) is 34.6. The average molecular weight is 823 g/mol. The summed E-state index contributed by atoms with van der Waals surface area (Å²) in [7, 11) is 0. The molecule has 0 saturated heterocycles. The van der Waals surface area contributed by atoms with Crippen LogP contribution in [0.25, 0.3) is 126 Å². The van der Waals surface area contributed by atoms with Crippen LogP contribution in [-0.2, 0) is 0 Å². The number of aromatic nitrogens is 4. The Morgan fingerprint density at radius 1 is 0.365 bits per heavy atom. The van der Waals surface area contributed by atoms with Crippen molar-refractivity contribution >= 4 is 75.3 Å². The quantitative estimate of drug-likeness (QED) is 0.168. The van der Waals surface area contributed by atoms with Gasteiger partial charge in [-0.3, -0.25) is 0 Å². The molecular weight excluding hydrogens is 789 g/mol. The van der Waals surface area contributed by atoms with E-state index in [9.17, 15) is 0 Å². The van der Waals surface area contributed by atoms with Crippen molar-refractivity contribution in [1.29, 1.82) is 0 Å². The van der Waals surface area contributed by atoms with E-state index in [2.05, 4.69) is 180 Å². The lowest BCUT2D eigenvalue weighted by atomic mass is 9.99. The SMILES string of the molecule is c1ccc(-c2ccc3c4ccccc4n(-c4cccc5c4oc4cccc(-c6nc(-c7ccccc7)nc(-c7ccc8c(c7)sc7cccc(-c9ccccc9)c78)n6)c45)c3c2)cc1. The highest BCUT2D eigenvalue weighted by Crippen LogP contribution is 2.44. The van der Waals surface area contributed by atoms with Crippen molar-refractivity contribution in [2.24, 2.45) is 0 Å². The standard InChI is InChI=1S/C57H34N4OS/c1-4-15-35(16-5-1)38-29-31-42-41-21-10-11-25-46(41)61(48(42)33-38)47-26-12-23-44-52-45(24-13-27-49(52)62-54(44)47)57-59-55(37-19-8-3-9-20-37)58-56(60-57)39-30-32-43-51(34-39)63-50-28-14-22-40(53(43)50)36-17-6-2-7-18-36/h1-34H. The van der Waals surface area contributed by atoms with Gasteiger partial charge in [0.15, 0.2) is 23.1 Å². The first-order chi connectivity index (χ1) is 31.2. The third-order valence-electron chi connectivity index (χ3n) is 12.3. The molecule has 13 rings (SSSR count). The lowest BCUT2D eigenvalue weighted by Crippen LogP contribution is -2.00. The minimum Gasteiger partial charge on any atom is -0.454 e. The summed E-state index contributed by atoms with van der Waals surface area (Å²) >= 11 is 1.80. The van der Waals surface area contributed by atoms with Crippen molar-refractivity contribution < 1.29 is 4.42 Å². The Morgan fingerprint density at radius 2 is 0.984 bits per heavy atom. The number of furan rings is 1. The van der Waals surface area contributed by atoms with Crippen LogP contribution in [0.4, 0.5) is 0 Å². The predicted molar refractivity (Wildman–Crippen MR) is 262 cm³/mol. The summed E-state index contributed by atoms with van der Waals surface area (Å²) in [5, 5.41) is 6.83. The first-order valence-corrected chi connectivity index (χ1v) is 21.9. The van der Waals surface area contributed by atoms with Crippen LogP contribution in [0, 0.1) is 0 Å². The summed E-state index contributed by atoms with van der Waals surface area (Å²) in [6, 6.07) is 72.6. The predicted octanol–water partition coefficient (Wildman–Crippen LogP) is 15.6. The van der Waals surface area contributed by atoms with Gasteiger partial charge in [0, 0.05) is 58.4 Å². The molecule has 0 fully saturated rings. The topological polar surface area (TPSA) is 56.7 Å². The summed E-state index contributed by atoms with van der Waals surface area (Å²) in [5.41, 5.74) is 12.3. The van der Waals surface area contributed by atoms with Gasteiger partial charge in [-0.05, 0) is 58.7 Å². The van der Waals surface area contributed by atoms with Crippen molar-refractivity contribution in [2.75, 3.05) is 0 Å². The number of nitrogens with zero attached hydrogens (tertiary/aromatic N) is 4. The molecular formula is C57H34N4OS. The van der Waals surface area contributed by atoms with E-state index in [1.165, 1.54) is 47.6 Å². The second kappa shape index (κ2) is 14.2. The smallest absolute Gasteiger partial charge is 0.164 e. The summed E-state index contributed by atoms with van der Waals surface area (Å²) in [6.45, 7) is 0. The highest BCUT2D eigenvalue weighted by molar-refractivity contribution is 7.26. The van der Waals surface area contributed by atoms with E-state index in [0.29, 0.717) is 17.5 Å². The van der Waals surface area contributed by atoms with Gasteiger partial charge in [0.25, 0.3) is 0 Å². The molecule has 0 aliphatic rings. The Hall–Kier alpha value is -8.19. The fraction of sp³-hybridized carbons (Fsp3) is 0. The normalized spacial score (nSPS) is 11.8. The minimum absolute atomic E-state index is 0.588. The van der Waals surface area contributed by atoms with Crippen LogP contribution in [-0.4, -0.2) is 19.5 Å². The second-order valence-corrected chi connectivity index (χ2v) is 17.0. The molecule has 0 bridgehead atoms. The van der Waals surface area contributed by atoms with Gasteiger partial charge in [-0.25, -0.2) is 15.0 Å². The van der Waals surface area contributed by atoms with Crippen LogP contribution in [0.2, 0.25) is 0 Å². The Balaban J connectivity index is 1.01. The lowest BCUT2D eigenvalue weighted by Gasteiger charge is -2.10. The molecule has 0 aliphatic carbocycles. The molecule has 13 aromatic rings. The van der Waals surface area contributed by atoms with Gasteiger partial charge in [0.2, 0.25) is 0 Å². The Kier molecular flexibility index (Phi) is 8.01. The molecule has 0 unspecified atom stereocenters. The van der Waals surface area contributed by atoms with E-state index in [1.807, 2.05) is 30.3 Å². The highest BCUT2D eigenvalue weighted by Gasteiger charge is 2.22. The van der Waals surface area contributed by atoms with E-state index >= 15 is 0 Å². The van der Waals surface area contributed by atoms with Crippen molar-refractivity contribution in [3.63, 3.8) is 0 Å². The van der Waals surface area contributed by atoms with Crippen LogP contribution in [0.5, 0.6) is 0 Å². The summed E-state index contributed by atoms with van der Waals surface area (Å²) in [5.74, 6) is 1.82. The van der Waals surface area contributed by atoms with Gasteiger partial charge in [0.1, 0.15) is 5.58 Å². The number of rotatable bonds is 6. The molecule has 0 spiro atoms. The number of para-hydroxylation sites is 2. The molecule has 0 N–H and O–H groups in total. The fourth-order valence-electron chi connectivity index (χ4n) is 9.40. The monoisotopic (exact) mass is 822 g/mol. The van der Waals surface area contributed by atoms with Crippen molar-refractivity contribution in [1.82, 2.24) is 19.5 Å². The van der Waals surface area contributed by atoms with Gasteiger partial charge < -0.3 is 8.98 Å². The summed E-state index contributed by atoms with van der Waals surface area (Å²) in [6.07, 6.45) is 0. The van der Waals surface area contributed by atoms with Crippen LogP contribution in [0.1, 0.15) is 0 Å². The summed E-state index contributed by atoms with van der Waals surface area (Å²) < 4.78 is 11.7. The number of hydrogen-bond donors (Lipinski definition) is 0. The zero-order valence-electron chi connectivity index (χ0n) is 33.7. The second-order valence-electron chi connectivity index (χ2n) is 15.9. The highest BCUT2D eigenvalue weighted by atomic mass is 32.1. The van der Waals surface area contributed by atoms with Crippen molar-refractivity contribution in [2.45, 2.75) is 0 Å². The van der Waals surface area contributed by atoms with Crippen LogP contribution in [0.3, 0.4) is 0 Å². The molecule has 0 radical (unpaired) electrons. The average Bonchev–Trinajstić information content (AvgIpc) is 4.04. The molecule has 63 heavy (non-hydrogen) atoms. The first-order valence-electron chi connectivity index (χ1n) is 21.1. The number of hydrogen-bond acceptors (Lipinski definition) is 5. The third kappa shape index (κ3) is 5.73.